The van der Waals surface area contributed by atoms with Gasteiger partial charge >= 0.3 is 18.1 Å². The first kappa shape index (κ1) is 10.9. The molecule has 0 aliphatic rings. The molecule has 0 aliphatic carbocycles. The summed E-state index contributed by atoms with van der Waals surface area (Å²) >= 11 is 0. The summed E-state index contributed by atoms with van der Waals surface area (Å²) in [6.07, 6.45) is -6.72. The maximum atomic E-state index is 11.8. The summed E-state index contributed by atoms with van der Waals surface area (Å²) in [6.45, 7) is 0. The molecular formula is C5H3F5O2. The summed E-state index contributed by atoms with van der Waals surface area (Å²) in [5.41, 5.74) is 0. The van der Waals surface area contributed by atoms with Crippen LogP contribution in [0.15, 0.2) is 12.2 Å². The van der Waals surface area contributed by atoms with Crippen molar-refractivity contribution < 1.29 is 31.9 Å². The summed E-state index contributed by atoms with van der Waals surface area (Å²) in [7, 11) is 0. The molecule has 0 saturated carbocycles. The molecule has 0 aromatic rings. The molecule has 0 fully saturated rings. The minimum Gasteiger partial charge on any atom is -0.478 e. The van der Waals surface area contributed by atoms with Crippen LogP contribution in [0.1, 0.15) is 0 Å². The highest BCUT2D eigenvalue weighted by Crippen LogP contribution is 2.36. The van der Waals surface area contributed by atoms with E-state index < -0.39 is 24.1 Å². The lowest BCUT2D eigenvalue weighted by molar-refractivity contribution is -0.259. The molecule has 12 heavy (non-hydrogen) atoms. The van der Waals surface area contributed by atoms with Gasteiger partial charge in [0.1, 0.15) is 0 Å². The molecule has 70 valence electrons. The van der Waals surface area contributed by atoms with Crippen molar-refractivity contribution in [3.8, 4) is 0 Å². The summed E-state index contributed by atoms with van der Waals surface area (Å²) in [5, 5.41) is 7.76. The maximum Gasteiger partial charge on any atom is 0.457 e. The third-order valence-corrected chi connectivity index (χ3v) is 0.813. The molecule has 0 radical (unpaired) electrons. The van der Waals surface area contributed by atoms with Gasteiger partial charge in [-0.25, -0.2) is 4.79 Å². The largest absolute Gasteiger partial charge is 0.478 e. The number of allylic oxidation sites excluding steroid dienone is 1. The minimum atomic E-state index is -5.75. The van der Waals surface area contributed by atoms with E-state index in [0.717, 1.165) is 0 Å². The fourth-order valence-electron chi connectivity index (χ4n) is 0.270. The zero-order valence-corrected chi connectivity index (χ0v) is 5.40. The van der Waals surface area contributed by atoms with Crippen molar-refractivity contribution in [2.75, 3.05) is 0 Å². The zero-order valence-electron chi connectivity index (χ0n) is 5.40. The molecule has 0 aromatic heterocycles. The lowest BCUT2D eigenvalue weighted by atomic mass is 10.3. The van der Waals surface area contributed by atoms with Crippen molar-refractivity contribution in [3.63, 3.8) is 0 Å². The normalized spacial score (nSPS) is 13.8. The van der Waals surface area contributed by atoms with Crippen LogP contribution in [-0.4, -0.2) is 23.2 Å². The number of rotatable bonds is 2. The molecule has 0 rings (SSSR count). The van der Waals surface area contributed by atoms with Gasteiger partial charge in [0.15, 0.2) is 0 Å². The van der Waals surface area contributed by atoms with Crippen molar-refractivity contribution >= 4 is 5.97 Å². The van der Waals surface area contributed by atoms with Gasteiger partial charge in [-0.15, -0.1) is 0 Å². The second-order valence-electron chi connectivity index (χ2n) is 1.79. The van der Waals surface area contributed by atoms with Crippen LogP contribution in [0.3, 0.4) is 0 Å². The Bertz CT molecular complexity index is 204. The van der Waals surface area contributed by atoms with Gasteiger partial charge in [0, 0.05) is 12.2 Å². The van der Waals surface area contributed by atoms with Gasteiger partial charge in [0.25, 0.3) is 0 Å². The van der Waals surface area contributed by atoms with Crippen LogP contribution in [0, 0.1) is 0 Å². The average Bonchev–Trinajstić information content (AvgIpc) is 1.81. The topological polar surface area (TPSA) is 37.3 Å². The van der Waals surface area contributed by atoms with Crippen LogP contribution in [0.4, 0.5) is 22.0 Å². The molecule has 0 spiro atoms. The van der Waals surface area contributed by atoms with Crippen molar-refractivity contribution in [1.82, 2.24) is 0 Å². The second kappa shape index (κ2) is 3.08. The molecule has 0 bridgehead atoms. The number of alkyl halides is 5. The van der Waals surface area contributed by atoms with Crippen LogP contribution < -0.4 is 0 Å². The first-order valence-electron chi connectivity index (χ1n) is 2.53. The standard InChI is InChI=1S/C5H3F5O2/c6-4(7,5(8,9)10)2-1-3(11)12/h1-2H,(H,11,12). The molecule has 0 atom stereocenters. The van der Waals surface area contributed by atoms with Crippen molar-refractivity contribution in [3.05, 3.63) is 12.2 Å². The Labute approximate surface area is 63.3 Å². The summed E-state index contributed by atoms with van der Waals surface area (Å²) in [6, 6.07) is 0. The van der Waals surface area contributed by atoms with Crippen LogP contribution in [0.5, 0.6) is 0 Å². The minimum absolute atomic E-state index is 0.256. The predicted octanol–water partition coefficient (Wildman–Crippen LogP) is 1.82. The Hall–Kier alpha value is -1.14. The molecular weight excluding hydrogens is 187 g/mol. The SMILES string of the molecule is O=C(O)C=CC(F)(F)C(F)(F)F. The summed E-state index contributed by atoms with van der Waals surface area (Å²) in [4.78, 5) is 9.59. The molecule has 1 N–H and O–H groups in total. The van der Waals surface area contributed by atoms with Crippen LogP contribution in [0.25, 0.3) is 0 Å². The first-order valence-corrected chi connectivity index (χ1v) is 2.53. The smallest absolute Gasteiger partial charge is 0.457 e. The first-order chi connectivity index (χ1) is 5.17. The van der Waals surface area contributed by atoms with Gasteiger partial charge in [-0.05, 0) is 0 Å². The Morgan fingerprint density at radius 2 is 1.58 bits per heavy atom. The number of halogens is 5. The molecule has 0 saturated heterocycles. The third-order valence-electron chi connectivity index (χ3n) is 0.813. The summed E-state index contributed by atoms with van der Waals surface area (Å²) < 4.78 is 57.5. The second-order valence-corrected chi connectivity index (χ2v) is 1.79. The maximum absolute atomic E-state index is 11.8. The van der Waals surface area contributed by atoms with E-state index in [4.69, 9.17) is 5.11 Å². The van der Waals surface area contributed by atoms with Gasteiger partial charge < -0.3 is 5.11 Å². The number of hydrogen-bond acceptors (Lipinski definition) is 1. The van der Waals surface area contributed by atoms with Gasteiger partial charge in [-0.1, -0.05) is 0 Å². The zero-order chi connectivity index (χ0) is 9.99. The van der Waals surface area contributed by atoms with Crippen LogP contribution in [0.2, 0.25) is 0 Å². The fraction of sp³-hybridized carbons (Fsp3) is 0.400. The highest BCUT2D eigenvalue weighted by molar-refractivity contribution is 5.79. The molecule has 7 heteroatoms. The third kappa shape index (κ3) is 2.85. The van der Waals surface area contributed by atoms with Gasteiger partial charge in [-0.3, -0.25) is 0 Å². The molecule has 0 heterocycles. The van der Waals surface area contributed by atoms with Crippen LogP contribution >= 0.6 is 0 Å². The lowest BCUT2D eigenvalue weighted by Gasteiger charge is -2.14. The molecule has 0 aromatic carbocycles. The van der Waals surface area contributed by atoms with E-state index in [1.165, 1.54) is 0 Å². The molecule has 0 amide bonds. The highest BCUT2D eigenvalue weighted by Gasteiger charge is 2.55. The lowest BCUT2D eigenvalue weighted by Crippen LogP contribution is -2.34. The van der Waals surface area contributed by atoms with Crippen molar-refractivity contribution in [1.29, 1.82) is 0 Å². The van der Waals surface area contributed by atoms with Gasteiger partial charge in [0.2, 0.25) is 0 Å². The number of carboxylic acids is 1. The molecule has 2 nitrogen and oxygen atoms in total. The Kier molecular flexibility index (Phi) is 2.78. The van der Waals surface area contributed by atoms with E-state index in [0.29, 0.717) is 0 Å². The van der Waals surface area contributed by atoms with E-state index in [1.54, 1.807) is 0 Å². The monoisotopic (exact) mass is 190 g/mol. The Balaban J connectivity index is 4.54. The van der Waals surface area contributed by atoms with Crippen molar-refractivity contribution in [2.45, 2.75) is 12.1 Å². The van der Waals surface area contributed by atoms with Gasteiger partial charge in [-0.2, -0.15) is 22.0 Å². The summed E-state index contributed by atoms with van der Waals surface area (Å²) in [5.74, 6) is -6.95. The van der Waals surface area contributed by atoms with E-state index in [1.807, 2.05) is 0 Å². The Morgan fingerprint density at radius 3 is 1.83 bits per heavy atom. The number of hydrogen-bond donors (Lipinski definition) is 1. The quantitative estimate of drug-likeness (QED) is 0.532. The molecule has 0 aliphatic heterocycles. The molecule has 0 unspecified atom stereocenters. The van der Waals surface area contributed by atoms with Crippen molar-refractivity contribution in [2.24, 2.45) is 0 Å². The fourth-order valence-corrected chi connectivity index (χ4v) is 0.270. The van der Waals surface area contributed by atoms with Gasteiger partial charge in [0.05, 0.1) is 0 Å². The predicted molar refractivity (Wildman–Crippen MR) is 27.8 cm³/mol. The van der Waals surface area contributed by atoms with E-state index in [9.17, 15) is 26.7 Å². The highest BCUT2D eigenvalue weighted by atomic mass is 19.4. The number of aliphatic carboxylic acids is 1. The van der Waals surface area contributed by atoms with Crippen LogP contribution in [-0.2, 0) is 4.79 Å². The van der Waals surface area contributed by atoms with E-state index in [2.05, 4.69) is 0 Å². The Morgan fingerprint density at radius 1 is 1.17 bits per heavy atom. The average molecular weight is 190 g/mol. The van der Waals surface area contributed by atoms with E-state index in [-0.39, 0.29) is 6.08 Å². The number of carboxylic acid groups (broad SMARTS) is 1. The van der Waals surface area contributed by atoms with E-state index >= 15 is 0 Å². The number of carbonyl (C=O) groups is 1.